The number of benzene rings is 3. The summed E-state index contributed by atoms with van der Waals surface area (Å²) < 4.78 is 5.67. The van der Waals surface area contributed by atoms with Crippen LogP contribution in [0.3, 0.4) is 0 Å². The number of carboxylic acids is 1. The number of hydrogen-bond donors (Lipinski definition) is 1. The molecule has 3 rings (SSSR count). The zero-order valence-electron chi connectivity index (χ0n) is 15.2. The molecule has 0 amide bonds. The van der Waals surface area contributed by atoms with Gasteiger partial charge in [0.15, 0.2) is 0 Å². The van der Waals surface area contributed by atoms with Gasteiger partial charge in [-0.1, -0.05) is 65.7 Å². The average molecular weight is 435 g/mol. The fourth-order valence-corrected chi connectivity index (χ4v) is 3.39. The molecule has 3 nitrogen and oxygen atoms in total. The molecular weight excluding hydrogens is 415 g/mol. The van der Waals surface area contributed by atoms with E-state index in [1.54, 1.807) is 37.3 Å². The summed E-state index contributed by atoms with van der Waals surface area (Å²) >= 11 is 13.5. The molecule has 3 aromatic rings. The Balaban J connectivity index is 0.000000397. The molecule has 0 aliphatic carbocycles. The molecule has 1 unspecified atom stereocenters. The lowest BCUT2D eigenvalue weighted by atomic mass is 10.2. The molecule has 0 aromatic heterocycles. The van der Waals surface area contributed by atoms with Crippen molar-refractivity contribution in [1.82, 2.24) is 0 Å². The van der Waals surface area contributed by atoms with Gasteiger partial charge < -0.3 is 9.84 Å². The van der Waals surface area contributed by atoms with Crippen molar-refractivity contribution in [2.45, 2.75) is 23.7 Å². The highest BCUT2D eigenvalue weighted by Gasteiger charge is 2.12. The normalized spacial score (nSPS) is 11.1. The van der Waals surface area contributed by atoms with Gasteiger partial charge in [-0.05, 0) is 43.3 Å². The first kappa shape index (κ1) is 22.2. The Morgan fingerprint density at radius 1 is 0.929 bits per heavy atom. The summed E-state index contributed by atoms with van der Waals surface area (Å²) in [5, 5.41) is 9.53. The zero-order valence-corrected chi connectivity index (χ0v) is 17.5. The van der Waals surface area contributed by atoms with Gasteiger partial charge in [-0.25, -0.2) is 0 Å². The van der Waals surface area contributed by atoms with Crippen molar-refractivity contribution in [3.63, 3.8) is 0 Å². The maximum absolute atomic E-state index is 10.8. The van der Waals surface area contributed by atoms with E-state index in [1.165, 1.54) is 11.8 Å². The van der Waals surface area contributed by atoms with Gasteiger partial charge in [-0.3, -0.25) is 4.79 Å². The highest BCUT2D eigenvalue weighted by Crippen LogP contribution is 2.28. The Morgan fingerprint density at radius 2 is 1.43 bits per heavy atom. The van der Waals surface area contributed by atoms with Gasteiger partial charge in [-0.2, -0.15) is 0 Å². The minimum absolute atomic E-state index is 0.274. The van der Waals surface area contributed by atoms with E-state index in [0.717, 1.165) is 10.5 Å². The second-order valence-corrected chi connectivity index (χ2v) is 7.94. The highest BCUT2D eigenvalue weighted by atomic mass is 35.5. The molecule has 3 aromatic carbocycles. The van der Waals surface area contributed by atoms with Gasteiger partial charge in [0, 0.05) is 20.5 Å². The number of ether oxygens (including phenoxy) is 1. The Hall–Kier alpha value is -2.14. The first-order chi connectivity index (χ1) is 13.5. The van der Waals surface area contributed by atoms with Gasteiger partial charge in [0.2, 0.25) is 0 Å². The summed E-state index contributed by atoms with van der Waals surface area (Å²) in [4.78, 5) is 11.7. The van der Waals surface area contributed by atoms with Crippen LogP contribution in [0.1, 0.15) is 12.5 Å². The van der Waals surface area contributed by atoms with Gasteiger partial charge in [0.25, 0.3) is 0 Å². The SMILES string of the molecule is CC(Sc1ccc(OCc2c(Cl)cccc2Cl)cc1)C(=O)O.c1ccccc1. The second-order valence-electron chi connectivity index (χ2n) is 5.71. The quantitative estimate of drug-likeness (QED) is 0.432. The van der Waals surface area contributed by atoms with Crippen LogP contribution in [0.5, 0.6) is 5.75 Å². The van der Waals surface area contributed by atoms with Gasteiger partial charge in [0.1, 0.15) is 17.6 Å². The number of aliphatic carboxylic acids is 1. The molecule has 0 spiro atoms. The summed E-state index contributed by atoms with van der Waals surface area (Å²) in [6.07, 6.45) is 0. The Bertz CT molecular complexity index is 824. The minimum atomic E-state index is -0.835. The average Bonchev–Trinajstić information content (AvgIpc) is 2.70. The molecule has 28 heavy (non-hydrogen) atoms. The number of carboxylic acid groups (broad SMARTS) is 1. The van der Waals surface area contributed by atoms with Crippen LogP contribution in [0.2, 0.25) is 10.0 Å². The van der Waals surface area contributed by atoms with Gasteiger partial charge in [0.05, 0.1) is 0 Å². The summed E-state index contributed by atoms with van der Waals surface area (Å²) in [7, 11) is 0. The fourth-order valence-electron chi connectivity index (χ4n) is 2.08. The van der Waals surface area contributed by atoms with Gasteiger partial charge in [-0.15, -0.1) is 11.8 Å². The van der Waals surface area contributed by atoms with Crippen molar-refractivity contribution in [3.8, 4) is 5.75 Å². The first-order valence-corrected chi connectivity index (χ1v) is 10.2. The van der Waals surface area contributed by atoms with Crippen LogP contribution in [0, 0.1) is 0 Å². The number of carbonyl (C=O) groups is 1. The molecule has 146 valence electrons. The molecule has 6 heteroatoms. The molecule has 0 heterocycles. The third-order valence-corrected chi connectivity index (χ3v) is 5.40. The standard InChI is InChI=1S/C16H14Cl2O3S.C6H6/c1-10(16(19)20)22-12-7-5-11(6-8-12)21-9-13-14(17)3-2-4-15(13)18;1-2-4-6-5-3-1/h2-8,10H,9H2,1H3,(H,19,20);1-6H. The lowest BCUT2D eigenvalue weighted by Gasteiger charge is -2.10. The molecule has 0 fully saturated rings. The highest BCUT2D eigenvalue weighted by molar-refractivity contribution is 8.00. The zero-order chi connectivity index (χ0) is 20.4. The van der Waals surface area contributed by atoms with E-state index in [0.29, 0.717) is 15.8 Å². The molecule has 0 bridgehead atoms. The molecule has 0 saturated heterocycles. The Kier molecular flexibility index (Phi) is 9.21. The van der Waals surface area contributed by atoms with Crippen LogP contribution in [0.15, 0.2) is 83.8 Å². The number of halogens is 2. The van der Waals surface area contributed by atoms with E-state index in [1.807, 2.05) is 48.5 Å². The fraction of sp³-hybridized carbons (Fsp3) is 0.136. The molecule has 0 aliphatic rings. The van der Waals surface area contributed by atoms with Crippen LogP contribution < -0.4 is 4.74 Å². The number of hydrogen-bond acceptors (Lipinski definition) is 3. The van der Waals surface area contributed by atoms with Crippen molar-refractivity contribution in [3.05, 3.63) is 94.5 Å². The summed E-state index contributed by atoms with van der Waals surface area (Å²) in [6, 6.07) is 24.5. The second kappa shape index (κ2) is 11.6. The Morgan fingerprint density at radius 3 is 1.89 bits per heavy atom. The maximum atomic E-state index is 10.8. The molecule has 0 saturated carbocycles. The lowest BCUT2D eigenvalue weighted by Crippen LogP contribution is -2.10. The maximum Gasteiger partial charge on any atom is 0.316 e. The third kappa shape index (κ3) is 7.47. The van der Waals surface area contributed by atoms with Gasteiger partial charge >= 0.3 is 5.97 Å². The van der Waals surface area contributed by atoms with E-state index in [9.17, 15) is 4.79 Å². The molecule has 1 atom stereocenters. The number of rotatable bonds is 6. The van der Waals surface area contributed by atoms with Crippen LogP contribution in [0.25, 0.3) is 0 Å². The molecule has 0 radical (unpaired) electrons. The van der Waals surface area contributed by atoms with Crippen LogP contribution >= 0.6 is 35.0 Å². The summed E-state index contributed by atoms with van der Waals surface area (Å²) in [6.45, 7) is 1.92. The number of thioether (sulfide) groups is 1. The molecule has 0 aliphatic heterocycles. The summed E-state index contributed by atoms with van der Waals surface area (Å²) in [5.74, 6) is -0.165. The van der Waals surface area contributed by atoms with E-state index in [4.69, 9.17) is 33.0 Å². The van der Waals surface area contributed by atoms with E-state index < -0.39 is 11.2 Å². The van der Waals surface area contributed by atoms with E-state index >= 15 is 0 Å². The van der Waals surface area contributed by atoms with Crippen molar-refractivity contribution < 1.29 is 14.6 Å². The van der Waals surface area contributed by atoms with E-state index in [-0.39, 0.29) is 6.61 Å². The van der Waals surface area contributed by atoms with Crippen LogP contribution in [-0.4, -0.2) is 16.3 Å². The van der Waals surface area contributed by atoms with E-state index in [2.05, 4.69) is 0 Å². The smallest absolute Gasteiger partial charge is 0.316 e. The third-order valence-electron chi connectivity index (χ3n) is 3.60. The lowest BCUT2D eigenvalue weighted by molar-refractivity contribution is -0.136. The first-order valence-electron chi connectivity index (χ1n) is 8.52. The predicted molar refractivity (Wildman–Crippen MR) is 117 cm³/mol. The van der Waals surface area contributed by atoms with Crippen LogP contribution in [0.4, 0.5) is 0 Å². The molecular formula is C22H20Cl2O3S. The van der Waals surface area contributed by atoms with Crippen LogP contribution in [-0.2, 0) is 11.4 Å². The predicted octanol–water partition coefficient (Wildman–Crippen LogP) is 6.82. The minimum Gasteiger partial charge on any atom is -0.489 e. The summed E-state index contributed by atoms with van der Waals surface area (Å²) in [5.41, 5.74) is 0.740. The topological polar surface area (TPSA) is 46.5 Å². The molecule has 1 N–H and O–H groups in total. The van der Waals surface area contributed by atoms with Crippen molar-refractivity contribution in [1.29, 1.82) is 0 Å². The van der Waals surface area contributed by atoms with Crippen molar-refractivity contribution in [2.75, 3.05) is 0 Å². The Labute approximate surface area is 179 Å². The monoisotopic (exact) mass is 434 g/mol. The van der Waals surface area contributed by atoms with Crippen molar-refractivity contribution in [2.24, 2.45) is 0 Å². The largest absolute Gasteiger partial charge is 0.489 e. The van der Waals surface area contributed by atoms with Crippen molar-refractivity contribution >= 4 is 40.9 Å².